The quantitative estimate of drug-likeness (QED) is 0.884. The Bertz CT molecular complexity index is 539. The maximum absolute atomic E-state index is 10.9. The summed E-state index contributed by atoms with van der Waals surface area (Å²) in [4.78, 5) is 20.0. The predicted molar refractivity (Wildman–Crippen MR) is 71.3 cm³/mol. The molecule has 0 bridgehead atoms. The van der Waals surface area contributed by atoms with Crippen molar-refractivity contribution in [2.75, 3.05) is 11.1 Å². The average Bonchev–Trinajstić information content (AvgIpc) is 2.34. The summed E-state index contributed by atoms with van der Waals surface area (Å²) in [6.07, 6.45) is 3.15. The van der Waals surface area contributed by atoms with Crippen molar-refractivity contribution in [1.82, 2.24) is 9.97 Å². The van der Waals surface area contributed by atoms with Gasteiger partial charge in [-0.05, 0) is 24.3 Å². The first-order chi connectivity index (χ1) is 8.63. The molecule has 2 rings (SSSR count). The van der Waals surface area contributed by atoms with Crippen LogP contribution in [0.1, 0.15) is 6.92 Å². The summed E-state index contributed by atoms with van der Waals surface area (Å²) in [5.74, 6) is 0.320. The van der Waals surface area contributed by atoms with E-state index in [0.29, 0.717) is 5.82 Å². The van der Waals surface area contributed by atoms with Crippen LogP contribution in [0, 0.1) is 0 Å². The number of hydrogen-bond acceptors (Lipinski definition) is 5. The van der Waals surface area contributed by atoms with E-state index in [4.69, 9.17) is 5.73 Å². The number of amides is 1. The number of carbonyl (C=O) groups excluding carboxylic acids is 1. The number of anilines is 2. The van der Waals surface area contributed by atoms with Crippen molar-refractivity contribution < 1.29 is 4.79 Å². The van der Waals surface area contributed by atoms with Gasteiger partial charge in [-0.25, -0.2) is 9.97 Å². The Morgan fingerprint density at radius 3 is 2.50 bits per heavy atom. The lowest BCUT2D eigenvalue weighted by Gasteiger charge is -2.04. The van der Waals surface area contributed by atoms with E-state index in [1.54, 1.807) is 6.20 Å². The molecule has 0 saturated carbocycles. The van der Waals surface area contributed by atoms with Gasteiger partial charge in [-0.1, -0.05) is 11.8 Å². The third-order valence-corrected chi connectivity index (χ3v) is 2.97. The lowest BCUT2D eigenvalue weighted by molar-refractivity contribution is -0.114. The van der Waals surface area contributed by atoms with E-state index in [0.717, 1.165) is 15.6 Å². The average molecular weight is 260 g/mol. The molecule has 1 heterocycles. The minimum absolute atomic E-state index is 0.0835. The maximum atomic E-state index is 10.9. The van der Waals surface area contributed by atoms with E-state index >= 15 is 0 Å². The molecule has 1 aromatic heterocycles. The zero-order valence-electron chi connectivity index (χ0n) is 9.75. The number of rotatable bonds is 3. The fourth-order valence-electron chi connectivity index (χ4n) is 1.31. The van der Waals surface area contributed by atoms with Crippen LogP contribution in [0.2, 0.25) is 0 Å². The highest BCUT2D eigenvalue weighted by Crippen LogP contribution is 2.26. The topological polar surface area (TPSA) is 80.9 Å². The Labute approximate surface area is 109 Å². The van der Waals surface area contributed by atoms with Crippen LogP contribution >= 0.6 is 11.8 Å². The minimum Gasteiger partial charge on any atom is -0.382 e. The van der Waals surface area contributed by atoms with Crippen molar-refractivity contribution in [3.05, 3.63) is 36.7 Å². The summed E-state index contributed by atoms with van der Waals surface area (Å²) in [7, 11) is 0. The summed E-state index contributed by atoms with van der Waals surface area (Å²) in [6.45, 7) is 1.48. The van der Waals surface area contributed by atoms with Gasteiger partial charge in [-0.15, -0.1) is 0 Å². The molecule has 0 fully saturated rings. The zero-order chi connectivity index (χ0) is 13.0. The SMILES string of the molecule is CC(=O)Nc1ccc(Sc2cnc(N)cn2)cc1. The molecule has 18 heavy (non-hydrogen) atoms. The van der Waals surface area contributed by atoms with Gasteiger partial charge < -0.3 is 11.1 Å². The number of nitrogens with zero attached hydrogens (tertiary/aromatic N) is 2. The fourth-order valence-corrected chi connectivity index (χ4v) is 2.03. The maximum Gasteiger partial charge on any atom is 0.221 e. The standard InChI is InChI=1S/C12H12N4OS/c1-8(17)16-9-2-4-10(5-3-9)18-12-7-14-11(13)6-15-12/h2-7H,1H3,(H2,13,14)(H,16,17). The molecule has 5 nitrogen and oxygen atoms in total. The number of nitrogen functional groups attached to an aromatic ring is 1. The lowest BCUT2D eigenvalue weighted by atomic mass is 10.3. The molecule has 2 aromatic rings. The molecule has 6 heteroatoms. The van der Waals surface area contributed by atoms with E-state index < -0.39 is 0 Å². The molecule has 0 spiro atoms. The van der Waals surface area contributed by atoms with Crippen molar-refractivity contribution in [3.63, 3.8) is 0 Å². The van der Waals surface area contributed by atoms with Crippen molar-refractivity contribution in [1.29, 1.82) is 0 Å². The number of hydrogen-bond donors (Lipinski definition) is 2. The minimum atomic E-state index is -0.0835. The van der Waals surface area contributed by atoms with Gasteiger partial charge in [0.05, 0.1) is 12.4 Å². The Balaban J connectivity index is 2.06. The van der Waals surface area contributed by atoms with Crippen LogP contribution in [0.3, 0.4) is 0 Å². The van der Waals surface area contributed by atoms with Gasteiger partial charge in [0.1, 0.15) is 10.8 Å². The molecule has 0 aliphatic carbocycles. The molecule has 1 aromatic carbocycles. The van der Waals surface area contributed by atoms with Crippen LogP contribution in [-0.2, 0) is 4.79 Å². The van der Waals surface area contributed by atoms with Crippen molar-refractivity contribution in [2.24, 2.45) is 0 Å². The van der Waals surface area contributed by atoms with Gasteiger partial charge in [-0.2, -0.15) is 0 Å². The van der Waals surface area contributed by atoms with Crippen molar-refractivity contribution in [3.8, 4) is 0 Å². The number of benzene rings is 1. The van der Waals surface area contributed by atoms with Gasteiger partial charge >= 0.3 is 0 Å². The normalized spacial score (nSPS) is 10.1. The molecule has 0 aliphatic heterocycles. The summed E-state index contributed by atoms with van der Waals surface area (Å²) in [5, 5.41) is 3.49. The Morgan fingerprint density at radius 2 is 1.94 bits per heavy atom. The molecule has 1 amide bonds. The molecule has 92 valence electrons. The van der Waals surface area contributed by atoms with E-state index in [1.165, 1.54) is 24.9 Å². The highest BCUT2D eigenvalue weighted by molar-refractivity contribution is 7.99. The number of carbonyl (C=O) groups is 1. The van der Waals surface area contributed by atoms with E-state index in [2.05, 4.69) is 15.3 Å². The van der Waals surface area contributed by atoms with E-state index in [1.807, 2.05) is 24.3 Å². The van der Waals surface area contributed by atoms with Crippen LogP contribution in [0.15, 0.2) is 46.6 Å². The van der Waals surface area contributed by atoms with Crippen LogP contribution in [0.4, 0.5) is 11.5 Å². The Kier molecular flexibility index (Phi) is 3.78. The molecular weight excluding hydrogens is 248 g/mol. The molecule has 0 saturated heterocycles. The van der Waals surface area contributed by atoms with E-state index in [-0.39, 0.29) is 5.91 Å². The van der Waals surface area contributed by atoms with Gasteiger partial charge in [0.25, 0.3) is 0 Å². The van der Waals surface area contributed by atoms with Crippen LogP contribution in [-0.4, -0.2) is 15.9 Å². The number of aromatic nitrogens is 2. The molecule has 0 unspecified atom stereocenters. The van der Waals surface area contributed by atoms with Crippen LogP contribution in [0.5, 0.6) is 0 Å². The second-order valence-electron chi connectivity index (χ2n) is 3.59. The van der Waals surface area contributed by atoms with Gasteiger partial charge in [0.2, 0.25) is 5.91 Å². The largest absolute Gasteiger partial charge is 0.382 e. The van der Waals surface area contributed by atoms with Crippen molar-refractivity contribution in [2.45, 2.75) is 16.8 Å². The smallest absolute Gasteiger partial charge is 0.221 e. The third kappa shape index (κ3) is 3.46. The number of nitrogens with one attached hydrogen (secondary N) is 1. The summed E-state index contributed by atoms with van der Waals surface area (Å²) in [5.41, 5.74) is 6.24. The summed E-state index contributed by atoms with van der Waals surface area (Å²) >= 11 is 1.48. The van der Waals surface area contributed by atoms with Crippen LogP contribution in [0.25, 0.3) is 0 Å². The van der Waals surface area contributed by atoms with Crippen LogP contribution < -0.4 is 11.1 Å². The second-order valence-corrected chi connectivity index (χ2v) is 4.68. The highest BCUT2D eigenvalue weighted by atomic mass is 32.2. The van der Waals surface area contributed by atoms with Crippen molar-refractivity contribution >= 4 is 29.2 Å². The number of nitrogens with two attached hydrogens (primary N) is 1. The molecule has 0 atom stereocenters. The fraction of sp³-hybridized carbons (Fsp3) is 0.0833. The first-order valence-corrected chi connectivity index (χ1v) is 6.08. The predicted octanol–water partition coefficient (Wildman–Crippen LogP) is 2.17. The molecule has 3 N–H and O–H groups in total. The lowest BCUT2D eigenvalue weighted by Crippen LogP contribution is -2.05. The van der Waals surface area contributed by atoms with Gasteiger partial charge in [-0.3, -0.25) is 4.79 Å². The Hall–Kier alpha value is -2.08. The second kappa shape index (κ2) is 5.50. The van der Waals surface area contributed by atoms with Gasteiger partial charge in [0.15, 0.2) is 0 Å². The molecule has 0 radical (unpaired) electrons. The summed E-state index contributed by atoms with van der Waals surface area (Å²) < 4.78 is 0. The Morgan fingerprint density at radius 1 is 1.22 bits per heavy atom. The highest BCUT2D eigenvalue weighted by Gasteiger charge is 2.00. The first kappa shape index (κ1) is 12.4. The van der Waals surface area contributed by atoms with E-state index in [9.17, 15) is 4.79 Å². The first-order valence-electron chi connectivity index (χ1n) is 5.26. The zero-order valence-corrected chi connectivity index (χ0v) is 10.6. The monoisotopic (exact) mass is 260 g/mol. The molecule has 0 aliphatic rings. The molecular formula is C12H12N4OS. The third-order valence-electron chi connectivity index (χ3n) is 2.05. The van der Waals surface area contributed by atoms with Gasteiger partial charge in [0, 0.05) is 17.5 Å². The summed E-state index contributed by atoms with van der Waals surface area (Å²) in [6, 6.07) is 7.50.